The summed E-state index contributed by atoms with van der Waals surface area (Å²) in [5, 5.41) is 5.10. The molecule has 1 amide bonds. The number of thiophene rings is 1. The number of hydrogen-bond acceptors (Lipinski definition) is 4. The Bertz CT molecular complexity index is 1020. The summed E-state index contributed by atoms with van der Waals surface area (Å²) in [7, 11) is 1.66. The summed E-state index contributed by atoms with van der Waals surface area (Å²) in [5.74, 6) is -0.275. The van der Waals surface area contributed by atoms with Crippen LogP contribution in [0.25, 0.3) is 0 Å². The fraction of sp³-hybridized carbons (Fsp3) is 0.200. The maximum absolute atomic E-state index is 12.6. The molecule has 1 N–H and O–H groups in total. The number of aromatic nitrogens is 1. The molecule has 1 aliphatic rings. The van der Waals surface area contributed by atoms with E-state index in [1.807, 2.05) is 35.6 Å². The van der Waals surface area contributed by atoms with Crippen molar-refractivity contribution in [3.8, 4) is 0 Å². The Morgan fingerprint density at radius 3 is 2.88 bits per heavy atom. The number of rotatable bonds is 3. The second-order valence-corrected chi connectivity index (χ2v) is 7.38. The van der Waals surface area contributed by atoms with Crippen molar-refractivity contribution in [2.45, 2.75) is 13.0 Å². The number of amides is 1. The van der Waals surface area contributed by atoms with Crippen molar-refractivity contribution in [3.63, 3.8) is 0 Å². The van der Waals surface area contributed by atoms with Crippen molar-refractivity contribution >= 4 is 28.6 Å². The second-order valence-electron chi connectivity index (χ2n) is 6.38. The van der Waals surface area contributed by atoms with Gasteiger partial charge < -0.3 is 14.8 Å². The molecule has 0 atom stereocenters. The van der Waals surface area contributed by atoms with Gasteiger partial charge in [-0.2, -0.15) is 0 Å². The minimum atomic E-state index is -0.275. The first-order valence-corrected chi connectivity index (χ1v) is 9.37. The van der Waals surface area contributed by atoms with E-state index in [9.17, 15) is 9.59 Å². The van der Waals surface area contributed by atoms with E-state index in [0.29, 0.717) is 5.56 Å². The molecule has 0 radical (unpaired) electrons. The molecule has 2 aromatic heterocycles. The average Bonchev–Trinajstić information content (AvgIpc) is 3.12. The highest BCUT2D eigenvalue weighted by Crippen LogP contribution is 2.32. The molecule has 6 heteroatoms. The topological polar surface area (TPSA) is 54.3 Å². The smallest absolute Gasteiger partial charge is 0.255 e. The van der Waals surface area contributed by atoms with Crippen LogP contribution in [0.3, 0.4) is 0 Å². The normalized spacial score (nSPS) is 13.3. The minimum absolute atomic E-state index is 0.202. The van der Waals surface area contributed by atoms with Gasteiger partial charge in [-0.25, -0.2) is 0 Å². The Morgan fingerprint density at radius 2 is 2.04 bits per heavy atom. The number of pyridine rings is 1. The lowest BCUT2D eigenvalue weighted by atomic mass is 10.1. The monoisotopic (exact) mass is 365 g/mol. The minimum Gasteiger partial charge on any atom is -0.365 e. The first-order valence-electron chi connectivity index (χ1n) is 8.49. The van der Waals surface area contributed by atoms with Gasteiger partial charge in [-0.1, -0.05) is 12.1 Å². The van der Waals surface area contributed by atoms with E-state index in [1.54, 1.807) is 19.3 Å². The summed E-state index contributed by atoms with van der Waals surface area (Å²) in [6, 6.07) is 13.0. The SMILES string of the molecule is Cn1ccc(C(=O)Nc2ccccc2N2CCc3sccc3C2)cc1=O. The molecule has 5 nitrogen and oxygen atoms in total. The largest absolute Gasteiger partial charge is 0.365 e. The van der Waals surface area contributed by atoms with Gasteiger partial charge in [0.25, 0.3) is 11.5 Å². The number of anilines is 2. The number of aryl methyl sites for hydroxylation is 1. The van der Waals surface area contributed by atoms with E-state index in [1.165, 1.54) is 21.1 Å². The average molecular weight is 365 g/mol. The molecule has 3 aromatic rings. The van der Waals surface area contributed by atoms with Crippen molar-refractivity contribution in [2.75, 3.05) is 16.8 Å². The molecule has 0 fully saturated rings. The number of carbonyl (C=O) groups is 1. The number of para-hydroxylation sites is 2. The lowest BCUT2D eigenvalue weighted by Crippen LogP contribution is -2.30. The van der Waals surface area contributed by atoms with Gasteiger partial charge in [0.1, 0.15) is 0 Å². The summed E-state index contributed by atoms with van der Waals surface area (Å²) in [4.78, 5) is 28.1. The van der Waals surface area contributed by atoms with Crippen molar-refractivity contribution < 1.29 is 4.79 Å². The maximum Gasteiger partial charge on any atom is 0.255 e. The van der Waals surface area contributed by atoms with Crippen LogP contribution >= 0.6 is 11.3 Å². The fourth-order valence-electron chi connectivity index (χ4n) is 3.19. The highest BCUT2D eigenvalue weighted by atomic mass is 32.1. The first kappa shape index (κ1) is 16.6. The van der Waals surface area contributed by atoms with Crippen LogP contribution in [0.2, 0.25) is 0 Å². The van der Waals surface area contributed by atoms with Gasteiger partial charge in [0.2, 0.25) is 0 Å². The van der Waals surface area contributed by atoms with Crippen LogP contribution in [0.1, 0.15) is 20.8 Å². The number of hydrogen-bond donors (Lipinski definition) is 1. The molecule has 1 aliphatic heterocycles. The van der Waals surface area contributed by atoms with Crippen molar-refractivity contribution in [3.05, 3.63) is 80.4 Å². The van der Waals surface area contributed by atoms with Crippen molar-refractivity contribution in [2.24, 2.45) is 7.05 Å². The van der Waals surface area contributed by atoms with Gasteiger partial charge in [0.15, 0.2) is 0 Å². The molecule has 26 heavy (non-hydrogen) atoms. The summed E-state index contributed by atoms with van der Waals surface area (Å²) >= 11 is 1.81. The third-order valence-electron chi connectivity index (χ3n) is 4.67. The lowest BCUT2D eigenvalue weighted by molar-refractivity contribution is 0.102. The molecule has 0 aliphatic carbocycles. The molecule has 1 aromatic carbocycles. The number of benzene rings is 1. The number of nitrogens with zero attached hydrogens (tertiary/aromatic N) is 2. The Balaban J connectivity index is 1.59. The molecule has 0 spiro atoms. The number of fused-ring (bicyclic) bond motifs is 1. The van der Waals surface area contributed by atoms with Crippen molar-refractivity contribution in [1.82, 2.24) is 4.57 Å². The van der Waals surface area contributed by atoms with Gasteiger partial charge in [-0.15, -0.1) is 11.3 Å². The van der Waals surface area contributed by atoms with Crippen LogP contribution < -0.4 is 15.8 Å². The third-order valence-corrected chi connectivity index (χ3v) is 5.69. The molecule has 0 saturated heterocycles. The fourth-order valence-corrected chi connectivity index (χ4v) is 4.08. The Morgan fingerprint density at radius 1 is 1.19 bits per heavy atom. The molecule has 132 valence electrons. The number of carbonyl (C=O) groups excluding carboxylic acids is 1. The van der Waals surface area contributed by atoms with Crippen LogP contribution in [0.5, 0.6) is 0 Å². The molecule has 0 saturated carbocycles. The van der Waals surface area contributed by atoms with E-state index in [-0.39, 0.29) is 11.5 Å². The molecular weight excluding hydrogens is 346 g/mol. The molecule has 0 unspecified atom stereocenters. The van der Waals surface area contributed by atoms with Crippen LogP contribution in [0.4, 0.5) is 11.4 Å². The van der Waals surface area contributed by atoms with Crippen LogP contribution in [0, 0.1) is 0 Å². The van der Waals surface area contributed by atoms with Gasteiger partial charge in [0, 0.05) is 42.8 Å². The van der Waals surface area contributed by atoms with Crippen LogP contribution in [-0.2, 0) is 20.0 Å². The van der Waals surface area contributed by atoms with Gasteiger partial charge in [-0.3, -0.25) is 9.59 Å². The Hall–Kier alpha value is -2.86. The van der Waals surface area contributed by atoms with Crippen molar-refractivity contribution in [1.29, 1.82) is 0 Å². The molecule has 0 bridgehead atoms. The molecule has 4 rings (SSSR count). The summed E-state index contributed by atoms with van der Waals surface area (Å²) in [5.41, 5.74) is 3.28. The Kier molecular flexibility index (Phi) is 4.34. The predicted octanol–water partition coefficient (Wildman–Crippen LogP) is 3.26. The van der Waals surface area contributed by atoms with E-state index in [4.69, 9.17) is 0 Å². The number of nitrogens with one attached hydrogen (secondary N) is 1. The van der Waals surface area contributed by atoms with E-state index in [0.717, 1.165) is 30.9 Å². The zero-order valence-corrected chi connectivity index (χ0v) is 15.3. The first-order chi connectivity index (χ1) is 12.6. The van der Waals surface area contributed by atoms with Crippen LogP contribution in [0.15, 0.2) is 58.8 Å². The zero-order valence-electron chi connectivity index (χ0n) is 14.4. The standard InChI is InChI=1S/C20H19N3O2S/c1-22-9-6-14(12-19(22)24)20(25)21-16-4-2-3-5-17(16)23-10-7-18-15(13-23)8-11-26-18/h2-6,8-9,11-12H,7,10,13H2,1H3,(H,21,25). The van der Waals surface area contributed by atoms with E-state index in [2.05, 4.69) is 21.7 Å². The maximum atomic E-state index is 12.6. The summed E-state index contributed by atoms with van der Waals surface area (Å²) in [6.45, 7) is 1.77. The Labute approximate surface area is 155 Å². The molecule has 3 heterocycles. The quantitative estimate of drug-likeness (QED) is 0.775. The lowest BCUT2D eigenvalue weighted by Gasteiger charge is -2.30. The van der Waals surface area contributed by atoms with E-state index < -0.39 is 0 Å². The highest BCUT2D eigenvalue weighted by molar-refractivity contribution is 7.10. The predicted molar refractivity (Wildman–Crippen MR) is 105 cm³/mol. The van der Waals surface area contributed by atoms with Gasteiger partial charge in [0.05, 0.1) is 11.4 Å². The molecular formula is C20H19N3O2S. The second kappa shape index (κ2) is 6.80. The van der Waals surface area contributed by atoms with Gasteiger partial charge in [-0.05, 0) is 41.6 Å². The highest BCUT2D eigenvalue weighted by Gasteiger charge is 2.20. The zero-order chi connectivity index (χ0) is 18.1. The summed E-state index contributed by atoms with van der Waals surface area (Å²) < 4.78 is 1.44. The third kappa shape index (κ3) is 3.15. The summed E-state index contributed by atoms with van der Waals surface area (Å²) in [6.07, 6.45) is 2.62. The van der Waals surface area contributed by atoms with E-state index >= 15 is 0 Å². The van der Waals surface area contributed by atoms with Crippen LogP contribution in [-0.4, -0.2) is 17.0 Å². The van der Waals surface area contributed by atoms with Gasteiger partial charge >= 0.3 is 0 Å².